The molecule has 2 N–H and O–H groups in total. The van der Waals surface area contributed by atoms with Crippen molar-refractivity contribution < 1.29 is 37.0 Å². The van der Waals surface area contributed by atoms with Crippen LogP contribution in [0, 0.1) is 0 Å². The summed E-state index contributed by atoms with van der Waals surface area (Å²) in [6.07, 6.45) is -5.16. The monoisotopic (exact) mass is 478 g/mol. The first-order chi connectivity index (χ1) is 16.2. The summed E-state index contributed by atoms with van der Waals surface area (Å²) in [6.45, 7) is 0.353. The van der Waals surface area contributed by atoms with E-state index in [4.69, 9.17) is 4.74 Å². The summed E-state index contributed by atoms with van der Waals surface area (Å²) in [4.78, 5) is 34.9. The van der Waals surface area contributed by atoms with E-state index in [0.29, 0.717) is 6.42 Å². The Morgan fingerprint density at radius 3 is 2.12 bits per heavy atom. The van der Waals surface area contributed by atoms with Crippen molar-refractivity contribution in [2.45, 2.75) is 37.4 Å². The number of benzene rings is 2. The van der Waals surface area contributed by atoms with E-state index in [1.807, 2.05) is 48.5 Å². The van der Waals surface area contributed by atoms with Crippen LogP contribution in [0.25, 0.3) is 11.1 Å². The second-order valence-electron chi connectivity index (χ2n) is 7.80. The normalized spacial score (nSPS) is 13.4. The van der Waals surface area contributed by atoms with Gasteiger partial charge in [-0.3, -0.25) is 4.79 Å². The minimum atomic E-state index is -5.10. The Morgan fingerprint density at radius 2 is 1.56 bits per heavy atom. The van der Waals surface area contributed by atoms with Gasteiger partial charge in [0.2, 0.25) is 0 Å². The zero-order chi connectivity index (χ0) is 24.7. The number of carbonyl (C=O) groups excluding carboxylic acids is 3. The molecule has 182 valence electrons. The molecule has 7 nitrogen and oxygen atoms in total. The Hall–Kier alpha value is -3.56. The van der Waals surface area contributed by atoms with Gasteiger partial charge in [0.05, 0.1) is 7.11 Å². The van der Waals surface area contributed by atoms with E-state index in [9.17, 15) is 27.6 Å². The summed E-state index contributed by atoms with van der Waals surface area (Å²) >= 11 is 0. The van der Waals surface area contributed by atoms with Crippen LogP contribution in [0.2, 0.25) is 0 Å². The smallest absolute Gasteiger partial charge is 0.467 e. The molecular formula is C24H25F3N2O5. The quantitative estimate of drug-likeness (QED) is 0.421. The fraction of sp³-hybridized carbons (Fsp3) is 0.375. The Bertz CT molecular complexity index is 996. The molecule has 2 aromatic rings. The molecular weight excluding hydrogens is 453 g/mol. The topological polar surface area (TPSA) is 93.7 Å². The third-order valence-electron chi connectivity index (χ3n) is 5.58. The number of esters is 1. The Balaban J connectivity index is 1.43. The molecule has 1 aliphatic rings. The van der Waals surface area contributed by atoms with Gasteiger partial charge in [0, 0.05) is 12.5 Å². The molecule has 0 fully saturated rings. The van der Waals surface area contributed by atoms with E-state index in [1.165, 1.54) is 0 Å². The third-order valence-corrected chi connectivity index (χ3v) is 5.58. The molecule has 1 atom stereocenters. The number of hydrogen-bond acceptors (Lipinski definition) is 5. The van der Waals surface area contributed by atoms with Crippen LogP contribution in [0.4, 0.5) is 18.0 Å². The number of alkyl carbamates (subject to hydrolysis) is 1. The van der Waals surface area contributed by atoms with Crippen molar-refractivity contribution in [3.05, 3.63) is 59.7 Å². The largest absolute Gasteiger partial charge is 0.471 e. The molecule has 2 amide bonds. The highest BCUT2D eigenvalue weighted by molar-refractivity contribution is 5.87. The van der Waals surface area contributed by atoms with Crippen LogP contribution in [0.3, 0.4) is 0 Å². The molecule has 0 bridgehead atoms. The van der Waals surface area contributed by atoms with Crippen molar-refractivity contribution in [2.75, 3.05) is 20.3 Å². The van der Waals surface area contributed by atoms with Gasteiger partial charge >= 0.3 is 24.1 Å². The molecule has 2 aromatic carbocycles. The summed E-state index contributed by atoms with van der Waals surface area (Å²) in [5.74, 6) is -3.25. The molecule has 34 heavy (non-hydrogen) atoms. The maximum atomic E-state index is 12.4. The van der Waals surface area contributed by atoms with Crippen molar-refractivity contribution in [2.24, 2.45) is 0 Å². The average Bonchev–Trinajstić information content (AvgIpc) is 3.14. The number of carbonyl (C=O) groups is 3. The van der Waals surface area contributed by atoms with Gasteiger partial charge in [-0.05, 0) is 41.5 Å². The Morgan fingerprint density at radius 1 is 0.971 bits per heavy atom. The van der Waals surface area contributed by atoms with Gasteiger partial charge in [0.15, 0.2) is 0 Å². The van der Waals surface area contributed by atoms with E-state index < -0.39 is 30.2 Å². The van der Waals surface area contributed by atoms with Crippen LogP contribution in [-0.2, 0) is 19.1 Å². The third kappa shape index (κ3) is 6.06. The molecule has 0 aromatic heterocycles. The highest BCUT2D eigenvalue weighted by Crippen LogP contribution is 2.44. The molecule has 0 saturated heterocycles. The van der Waals surface area contributed by atoms with Crippen LogP contribution in [0.5, 0.6) is 0 Å². The molecule has 10 heteroatoms. The molecule has 1 aliphatic carbocycles. The predicted molar refractivity (Wildman–Crippen MR) is 117 cm³/mol. The number of amides is 2. The maximum Gasteiger partial charge on any atom is 0.471 e. The maximum absolute atomic E-state index is 12.4. The summed E-state index contributed by atoms with van der Waals surface area (Å²) in [7, 11) is 1.02. The van der Waals surface area contributed by atoms with Crippen molar-refractivity contribution >= 4 is 18.0 Å². The summed E-state index contributed by atoms with van der Waals surface area (Å²) in [5.41, 5.74) is 4.41. The lowest BCUT2D eigenvalue weighted by atomic mass is 9.98. The first-order valence-corrected chi connectivity index (χ1v) is 10.8. The molecule has 0 spiro atoms. The van der Waals surface area contributed by atoms with Gasteiger partial charge in [0.25, 0.3) is 0 Å². The van der Waals surface area contributed by atoms with E-state index >= 15 is 0 Å². The van der Waals surface area contributed by atoms with Gasteiger partial charge in [-0.15, -0.1) is 0 Å². The second-order valence-corrected chi connectivity index (χ2v) is 7.80. The molecule has 0 heterocycles. The standard InChI is InChI=1S/C24H25F3N2O5/c1-33-21(30)20(29-22(31)24(25,26)27)12-6-7-13-28-23(32)34-14-19-17-10-4-2-8-15(17)16-9-3-5-11-18(16)19/h2-5,8-11,19-20H,6-7,12-14H2,1H3,(H,28,32)(H,29,31)/t20-/m0/s1. The molecule has 3 rings (SSSR count). The minimum absolute atomic E-state index is 0.0686. The van der Waals surface area contributed by atoms with E-state index in [-0.39, 0.29) is 31.9 Å². The average molecular weight is 478 g/mol. The van der Waals surface area contributed by atoms with E-state index in [2.05, 4.69) is 10.1 Å². The van der Waals surface area contributed by atoms with Crippen LogP contribution in [0.1, 0.15) is 36.3 Å². The fourth-order valence-corrected chi connectivity index (χ4v) is 3.94. The number of rotatable bonds is 9. The second kappa shape index (κ2) is 11.0. The zero-order valence-corrected chi connectivity index (χ0v) is 18.5. The number of fused-ring (bicyclic) bond motifs is 3. The first-order valence-electron chi connectivity index (χ1n) is 10.8. The first kappa shape index (κ1) is 25.1. The van der Waals surface area contributed by atoms with Crippen molar-refractivity contribution in [3.8, 4) is 11.1 Å². The zero-order valence-electron chi connectivity index (χ0n) is 18.5. The van der Waals surface area contributed by atoms with Gasteiger partial charge in [0.1, 0.15) is 12.6 Å². The number of unbranched alkanes of at least 4 members (excludes halogenated alkanes) is 1. The van der Waals surface area contributed by atoms with Crippen LogP contribution in [-0.4, -0.2) is 50.4 Å². The van der Waals surface area contributed by atoms with Crippen LogP contribution in [0.15, 0.2) is 48.5 Å². The van der Waals surface area contributed by atoms with Crippen molar-refractivity contribution in [3.63, 3.8) is 0 Å². The molecule has 0 unspecified atom stereocenters. The summed E-state index contributed by atoms with van der Waals surface area (Å²) in [6, 6.07) is 14.5. The Kier molecular flexibility index (Phi) is 8.14. The van der Waals surface area contributed by atoms with Crippen molar-refractivity contribution in [1.82, 2.24) is 10.6 Å². The van der Waals surface area contributed by atoms with Crippen LogP contribution >= 0.6 is 0 Å². The van der Waals surface area contributed by atoms with Gasteiger partial charge < -0.3 is 20.1 Å². The summed E-state index contributed by atoms with van der Waals surface area (Å²) in [5, 5.41) is 4.22. The number of ether oxygens (including phenoxy) is 2. The van der Waals surface area contributed by atoms with E-state index in [1.54, 1.807) is 5.32 Å². The van der Waals surface area contributed by atoms with Crippen LogP contribution < -0.4 is 10.6 Å². The minimum Gasteiger partial charge on any atom is -0.467 e. The number of hydrogen-bond donors (Lipinski definition) is 2. The number of methoxy groups -OCH3 is 1. The van der Waals surface area contributed by atoms with Gasteiger partial charge in [-0.2, -0.15) is 13.2 Å². The fourth-order valence-electron chi connectivity index (χ4n) is 3.94. The Labute approximate surface area is 194 Å². The SMILES string of the molecule is COC(=O)[C@H](CCCCNC(=O)OCC1c2ccccc2-c2ccccc21)NC(=O)C(F)(F)F. The summed E-state index contributed by atoms with van der Waals surface area (Å²) < 4.78 is 47.1. The number of halogens is 3. The molecule has 0 radical (unpaired) electrons. The predicted octanol–water partition coefficient (Wildman–Crippen LogP) is 3.92. The highest BCUT2D eigenvalue weighted by atomic mass is 19.4. The lowest BCUT2D eigenvalue weighted by Gasteiger charge is -2.17. The van der Waals surface area contributed by atoms with Gasteiger partial charge in [-0.1, -0.05) is 48.5 Å². The lowest BCUT2D eigenvalue weighted by molar-refractivity contribution is -0.175. The highest BCUT2D eigenvalue weighted by Gasteiger charge is 2.40. The number of nitrogens with one attached hydrogen (secondary N) is 2. The number of alkyl halides is 3. The lowest BCUT2D eigenvalue weighted by Crippen LogP contribution is -2.47. The van der Waals surface area contributed by atoms with E-state index in [0.717, 1.165) is 29.4 Å². The van der Waals surface area contributed by atoms with Gasteiger partial charge in [-0.25, -0.2) is 9.59 Å². The van der Waals surface area contributed by atoms with Crippen molar-refractivity contribution in [1.29, 1.82) is 0 Å². The molecule has 0 saturated carbocycles. The molecule has 0 aliphatic heterocycles.